The molecule has 0 saturated carbocycles. The Morgan fingerprint density at radius 1 is 0.674 bits per heavy atom. The van der Waals surface area contributed by atoms with Crippen molar-refractivity contribution in [1.82, 2.24) is 0 Å². The van der Waals surface area contributed by atoms with Crippen LogP contribution in [0.4, 0.5) is 0 Å². The van der Waals surface area contributed by atoms with Crippen molar-refractivity contribution in [1.29, 1.82) is 0 Å². The molecule has 236 valence electrons. The predicted molar refractivity (Wildman–Crippen MR) is 155 cm³/mol. The standard InChI is InChI=1S/C34H28O12/c35-18-5-1-15(2-6-18)29-26(17-9-20(37)11-21(38)10-17)27-23(12-22(39)13-25(27)44-29)28-30(16-3-7-19(36)8-4-16)46-34-31(24(40)14-43-34)45-32(41)33(28,34)42/h1-13,24,26,28-31,35-40,42H,14H2/t24-,26+,28-,29-,30-,31?,33+,34-/m0/s1. The van der Waals surface area contributed by atoms with E-state index in [4.69, 9.17) is 18.9 Å². The van der Waals surface area contributed by atoms with E-state index < -0.39 is 53.6 Å². The number of carbonyl (C=O) groups excluding carboxylic acids is 1. The van der Waals surface area contributed by atoms with Crippen molar-refractivity contribution in [3.05, 3.63) is 107 Å². The summed E-state index contributed by atoms with van der Waals surface area (Å²) in [6.45, 7) is -0.287. The molecule has 8 rings (SSSR count). The Labute approximate surface area is 260 Å². The van der Waals surface area contributed by atoms with Crippen molar-refractivity contribution < 1.29 is 59.5 Å². The third kappa shape index (κ3) is 3.84. The molecule has 46 heavy (non-hydrogen) atoms. The lowest BCUT2D eigenvalue weighted by Crippen LogP contribution is -2.57. The molecule has 1 unspecified atom stereocenters. The molecule has 12 nitrogen and oxygen atoms in total. The maximum atomic E-state index is 13.7. The number of ether oxygens (including phenoxy) is 4. The summed E-state index contributed by atoms with van der Waals surface area (Å²) in [5.74, 6) is -5.92. The molecular formula is C34H28O12. The smallest absolute Gasteiger partial charge is 0.345 e. The summed E-state index contributed by atoms with van der Waals surface area (Å²) in [5.41, 5.74) is -0.483. The number of fused-ring (bicyclic) bond motifs is 1. The average molecular weight is 629 g/mol. The number of benzene rings is 4. The third-order valence-electron chi connectivity index (χ3n) is 9.41. The number of carbonyl (C=O) groups is 1. The first-order valence-corrected chi connectivity index (χ1v) is 14.6. The zero-order valence-corrected chi connectivity index (χ0v) is 23.8. The zero-order valence-electron chi connectivity index (χ0n) is 23.8. The highest BCUT2D eigenvalue weighted by molar-refractivity contribution is 5.87. The van der Waals surface area contributed by atoms with Gasteiger partial charge in [-0.25, -0.2) is 4.79 Å². The molecule has 4 aromatic rings. The van der Waals surface area contributed by atoms with Crippen molar-refractivity contribution in [3.63, 3.8) is 0 Å². The molecule has 3 fully saturated rings. The summed E-state index contributed by atoms with van der Waals surface area (Å²) >= 11 is 0. The molecule has 4 aliphatic rings. The highest BCUT2D eigenvalue weighted by atomic mass is 16.8. The van der Waals surface area contributed by atoms with Crippen LogP contribution in [0, 0.1) is 0 Å². The fourth-order valence-corrected chi connectivity index (χ4v) is 7.53. The molecule has 0 bridgehead atoms. The maximum Gasteiger partial charge on any atom is 0.345 e. The van der Waals surface area contributed by atoms with E-state index in [2.05, 4.69) is 0 Å². The second kappa shape index (κ2) is 9.74. The fourth-order valence-electron chi connectivity index (χ4n) is 7.53. The molecule has 1 spiro atoms. The number of aromatic hydroxyl groups is 5. The monoisotopic (exact) mass is 628 g/mol. The number of hydrogen-bond donors (Lipinski definition) is 7. The highest BCUT2D eigenvalue weighted by Gasteiger charge is 2.83. The average Bonchev–Trinajstić information content (AvgIpc) is 3.68. The molecule has 7 N–H and O–H groups in total. The van der Waals surface area contributed by atoms with Gasteiger partial charge < -0.3 is 54.7 Å². The molecule has 0 radical (unpaired) electrons. The lowest BCUT2D eigenvalue weighted by atomic mass is 9.71. The van der Waals surface area contributed by atoms with E-state index in [1.807, 2.05) is 0 Å². The van der Waals surface area contributed by atoms with E-state index in [1.54, 1.807) is 24.3 Å². The molecule has 4 aliphatic heterocycles. The van der Waals surface area contributed by atoms with Crippen LogP contribution in [0.15, 0.2) is 78.9 Å². The van der Waals surface area contributed by atoms with E-state index in [9.17, 15) is 40.5 Å². The van der Waals surface area contributed by atoms with Crippen LogP contribution in [-0.4, -0.2) is 71.9 Å². The lowest BCUT2D eigenvalue weighted by Gasteiger charge is -2.32. The predicted octanol–water partition coefficient (Wildman–Crippen LogP) is 3.08. The van der Waals surface area contributed by atoms with Gasteiger partial charge in [0.1, 0.15) is 46.7 Å². The molecular weight excluding hydrogens is 600 g/mol. The molecule has 0 aliphatic carbocycles. The van der Waals surface area contributed by atoms with Crippen LogP contribution in [0.3, 0.4) is 0 Å². The van der Waals surface area contributed by atoms with Crippen molar-refractivity contribution in [2.45, 2.75) is 47.6 Å². The Balaban J connectivity index is 1.39. The van der Waals surface area contributed by atoms with Crippen LogP contribution >= 0.6 is 0 Å². The van der Waals surface area contributed by atoms with Gasteiger partial charge >= 0.3 is 5.97 Å². The topological polar surface area (TPSA) is 196 Å². The van der Waals surface area contributed by atoms with Crippen molar-refractivity contribution >= 4 is 5.97 Å². The maximum absolute atomic E-state index is 13.7. The highest BCUT2D eigenvalue weighted by Crippen LogP contribution is 2.66. The number of aliphatic hydroxyl groups is 2. The van der Waals surface area contributed by atoms with Gasteiger partial charge in [-0.1, -0.05) is 24.3 Å². The van der Waals surface area contributed by atoms with Crippen LogP contribution in [0.2, 0.25) is 0 Å². The Hall–Kier alpha value is -5.01. The summed E-state index contributed by atoms with van der Waals surface area (Å²) in [4.78, 5) is 13.7. The van der Waals surface area contributed by atoms with Crippen LogP contribution in [0.25, 0.3) is 0 Å². The van der Waals surface area contributed by atoms with Gasteiger partial charge in [-0.15, -0.1) is 0 Å². The van der Waals surface area contributed by atoms with Crippen LogP contribution in [-0.2, 0) is 19.0 Å². The molecule has 3 saturated heterocycles. The van der Waals surface area contributed by atoms with Gasteiger partial charge in [-0.05, 0) is 64.7 Å². The SMILES string of the molecule is O=C1OC2[C@@H](O)CO[C@]23O[C@@H](c2ccc(O)cc2)[C@H](c2cc(O)cc4c2[C@@H](c2cc(O)cc(O)c2)[C@H](c2ccc(O)cc2)O4)[C@@]13O. The summed E-state index contributed by atoms with van der Waals surface area (Å²) in [7, 11) is 0. The molecule has 8 atom stereocenters. The normalized spacial score (nSPS) is 32.4. The number of rotatable bonds is 4. The molecule has 4 aromatic carbocycles. The van der Waals surface area contributed by atoms with Crippen molar-refractivity contribution in [3.8, 4) is 34.5 Å². The fraction of sp³-hybridized carbons (Fsp3) is 0.265. The van der Waals surface area contributed by atoms with E-state index in [1.165, 1.54) is 54.6 Å². The first kappa shape index (κ1) is 28.5. The Morgan fingerprint density at radius 3 is 1.89 bits per heavy atom. The zero-order chi connectivity index (χ0) is 32.1. The van der Waals surface area contributed by atoms with Gasteiger partial charge in [-0.2, -0.15) is 0 Å². The number of esters is 1. The van der Waals surface area contributed by atoms with Gasteiger partial charge in [0.25, 0.3) is 5.79 Å². The van der Waals surface area contributed by atoms with Crippen LogP contribution < -0.4 is 4.74 Å². The van der Waals surface area contributed by atoms with Gasteiger partial charge in [0.2, 0.25) is 5.60 Å². The summed E-state index contributed by atoms with van der Waals surface area (Å²) < 4.78 is 24.3. The molecule has 0 amide bonds. The summed E-state index contributed by atoms with van der Waals surface area (Å²) in [6, 6.07) is 19.0. The van der Waals surface area contributed by atoms with Crippen molar-refractivity contribution in [2.75, 3.05) is 6.61 Å². The number of hydrogen-bond acceptors (Lipinski definition) is 12. The first-order chi connectivity index (χ1) is 22.0. The summed E-state index contributed by atoms with van der Waals surface area (Å²) in [5, 5.41) is 75.3. The summed E-state index contributed by atoms with van der Waals surface area (Å²) in [6.07, 6.45) is -4.62. The Kier molecular flexibility index (Phi) is 6.03. The quantitative estimate of drug-likeness (QED) is 0.164. The second-order valence-electron chi connectivity index (χ2n) is 12.1. The number of phenols is 5. The lowest BCUT2D eigenvalue weighted by molar-refractivity contribution is -0.259. The minimum atomic E-state index is -2.54. The minimum absolute atomic E-state index is 0.0181. The van der Waals surface area contributed by atoms with Gasteiger partial charge in [0.15, 0.2) is 6.10 Å². The van der Waals surface area contributed by atoms with E-state index in [0.717, 1.165) is 0 Å². The van der Waals surface area contributed by atoms with Crippen LogP contribution in [0.1, 0.15) is 51.9 Å². The molecule has 4 heterocycles. The second-order valence-corrected chi connectivity index (χ2v) is 12.1. The first-order valence-electron chi connectivity index (χ1n) is 14.6. The van der Waals surface area contributed by atoms with Gasteiger partial charge in [-0.3, -0.25) is 0 Å². The van der Waals surface area contributed by atoms with Crippen LogP contribution in [0.5, 0.6) is 34.5 Å². The molecule has 0 aromatic heterocycles. The minimum Gasteiger partial charge on any atom is -0.508 e. The van der Waals surface area contributed by atoms with Gasteiger partial charge in [0, 0.05) is 17.7 Å². The van der Waals surface area contributed by atoms with E-state index in [-0.39, 0.29) is 46.7 Å². The Bertz CT molecular complexity index is 1850. The van der Waals surface area contributed by atoms with Gasteiger partial charge in [0.05, 0.1) is 24.5 Å². The Morgan fingerprint density at radius 2 is 1.26 bits per heavy atom. The van der Waals surface area contributed by atoms with Crippen molar-refractivity contribution in [2.24, 2.45) is 0 Å². The third-order valence-corrected chi connectivity index (χ3v) is 9.41. The largest absolute Gasteiger partial charge is 0.508 e. The number of aliphatic hydroxyl groups excluding tert-OH is 1. The van der Waals surface area contributed by atoms with E-state index >= 15 is 0 Å². The van der Waals surface area contributed by atoms with E-state index in [0.29, 0.717) is 22.3 Å². The molecule has 12 heteroatoms. The number of phenolic OH excluding ortho intramolecular Hbond substituents is 5.